The molecular formula is C21H22N4O7PS2-. The number of esters is 1. The fraction of sp³-hybridized carbons (Fsp3) is 0.381. The van der Waals surface area contributed by atoms with E-state index in [4.69, 9.17) is 47.8 Å². The van der Waals surface area contributed by atoms with E-state index in [9.17, 15) is 14.4 Å². The van der Waals surface area contributed by atoms with Crippen molar-refractivity contribution < 1.29 is 28.1 Å². The Bertz CT molecular complexity index is 1200. The van der Waals surface area contributed by atoms with Gasteiger partial charge in [-0.05, 0) is 18.2 Å². The summed E-state index contributed by atoms with van der Waals surface area (Å²) in [5, 5.41) is 11.2. The molecule has 2 aromatic rings. The summed E-state index contributed by atoms with van der Waals surface area (Å²) in [6.07, 6.45) is -0.607. The first-order valence-corrected chi connectivity index (χ1v) is 14.1. The molecule has 35 heavy (non-hydrogen) atoms. The highest BCUT2D eigenvalue weighted by atomic mass is 32.9. The molecule has 0 aliphatic carbocycles. The van der Waals surface area contributed by atoms with Gasteiger partial charge in [-0.3, -0.25) is 14.2 Å². The lowest BCUT2D eigenvalue weighted by atomic mass is 10.2. The van der Waals surface area contributed by atoms with Crippen molar-refractivity contribution in [2.24, 2.45) is 0 Å². The third kappa shape index (κ3) is 7.96. The third-order valence-corrected chi connectivity index (χ3v) is 7.00. The number of nitrogens with zero attached hydrogens (tertiary/aromatic N) is 3. The molecule has 1 aliphatic heterocycles. The number of carbonyl (C=O) groups excluding carboxylic acids is 2. The number of amides is 1. The Morgan fingerprint density at radius 1 is 1.34 bits per heavy atom. The van der Waals surface area contributed by atoms with Gasteiger partial charge in [-0.2, -0.15) is 10.2 Å². The molecule has 186 valence electrons. The van der Waals surface area contributed by atoms with E-state index in [2.05, 4.69) is 10.3 Å². The van der Waals surface area contributed by atoms with E-state index in [-0.39, 0.29) is 31.9 Å². The number of ether oxygens (including phenoxy) is 2. The van der Waals surface area contributed by atoms with Crippen molar-refractivity contribution in [2.75, 3.05) is 18.5 Å². The van der Waals surface area contributed by atoms with Gasteiger partial charge in [-0.15, -0.1) is 0 Å². The van der Waals surface area contributed by atoms with E-state index >= 15 is 0 Å². The SMILES string of the molecule is CC(=O)O[C@H]1C[C@H](n2ccc(NC(=O)c3ccccc3)nc2=O)O[C@@H]1COP(=S)([S-])OCCC#N. The quantitative estimate of drug-likeness (QED) is 0.207. The van der Waals surface area contributed by atoms with Crippen LogP contribution < -0.4 is 11.0 Å². The number of carbonyl (C=O) groups is 2. The van der Waals surface area contributed by atoms with Gasteiger partial charge in [0.05, 0.1) is 31.4 Å². The molecule has 0 spiro atoms. The fourth-order valence-electron chi connectivity index (χ4n) is 3.24. The van der Waals surface area contributed by atoms with Crippen molar-refractivity contribution in [1.29, 1.82) is 5.26 Å². The predicted octanol–water partition coefficient (Wildman–Crippen LogP) is 2.43. The second kappa shape index (κ2) is 12.4. The predicted molar refractivity (Wildman–Crippen MR) is 131 cm³/mol. The summed E-state index contributed by atoms with van der Waals surface area (Å²) >= 11 is 10.3. The Balaban J connectivity index is 1.68. The Labute approximate surface area is 211 Å². The molecule has 1 aliphatic rings. The van der Waals surface area contributed by atoms with E-state index < -0.39 is 41.7 Å². The molecule has 11 nitrogen and oxygen atoms in total. The lowest BCUT2D eigenvalue weighted by Gasteiger charge is -2.30. The van der Waals surface area contributed by atoms with Crippen LogP contribution in [0.15, 0.2) is 47.4 Å². The number of nitrogens with one attached hydrogen (secondary N) is 1. The molecular weight excluding hydrogens is 515 g/mol. The molecule has 1 saturated heterocycles. The van der Waals surface area contributed by atoms with Crippen LogP contribution in [0.5, 0.6) is 0 Å². The highest BCUT2D eigenvalue weighted by Crippen LogP contribution is 2.47. The first-order chi connectivity index (χ1) is 16.7. The van der Waals surface area contributed by atoms with E-state index in [0.717, 1.165) is 0 Å². The van der Waals surface area contributed by atoms with Crippen LogP contribution in [-0.4, -0.2) is 46.8 Å². The Morgan fingerprint density at radius 3 is 2.74 bits per heavy atom. The Kier molecular flexibility index (Phi) is 9.56. The lowest BCUT2D eigenvalue weighted by molar-refractivity contribution is -0.150. The number of anilines is 1. The first kappa shape index (κ1) is 27.0. The van der Waals surface area contributed by atoms with Crippen molar-refractivity contribution in [3.63, 3.8) is 0 Å². The topological polar surface area (TPSA) is 142 Å². The van der Waals surface area contributed by atoms with Gasteiger partial charge in [0.2, 0.25) is 0 Å². The number of rotatable bonds is 10. The second-order valence-electron chi connectivity index (χ2n) is 7.32. The zero-order chi connectivity index (χ0) is 25.4. The maximum absolute atomic E-state index is 12.7. The summed E-state index contributed by atoms with van der Waals surface area (Å²) < 4.78 is 23.3. The number of nitriles is 1. The van der Waals surface area contributed by atoms with Gasteiger partial charge < -0.3 is 36.1 Å². The van der Waals surface area contributed by atoms with Crippen molar-refractivity contribution in [1.82, 2.24) is 9.55 Å². The normalized spacial score (nSPS) is 21.0. The monoisotopic (exact) mass is 537 g/mol. The van der Waals surface area contributed by atoms with Crippen LogP contribution in [-0.2, 0) is 47.4 Å². The highest BCUT2D eigenvalue weighted by Gasteiger charge is 2.39. The number of aromatic nitrogens is 2. The van der Waals surface area contributed by atoms with Crippen molar-refractivity contribution in [2.45, 2.75) is 38.2 Å². The van der Waals surface area contributed by atoms with E-state index in [1.54, 1.807) is 30.3 Å². The summed E-state index contributed by atoms with van der Waals surface area (Å²) in [5.74, 6) is -0.858. The third-order valence-electron chi connectivity index (χ3n) is 4.78. The van der Waals surface area contributed by atoms with Crippen LogP contribution in [0.2, 0.25) is 0 Å². The van der Waals surface area contributed by atoms with Crippen LogP contribution in [0.3, 0.4) is 0 Å². The summed E-state index contributed by atoms with van der Waals surface area (Å²) in [7, 11) is 0. The molecule has 14 heteroatoms. The molecule has 1 unspecified atom stereocenters. The van der Waals surface area contributed by atoms with Crippen molar-refractivity contribution in [3.05, 3.63) is 58.6 Å². The minimum absolute atomic E-state index is 0.0486. The average Bonchev–Trinajstić information content (AvgIpc) is 3.20. The molecule has 0 radical (unpaired) electrons. The summed E-state index contributed by atoms with van der Waals surface area (Å²) in [4.78, 5) is 40.4. The zero-order valence-corrected chi connectivity index (χ0v) is 21.1. The number of benzene rings is 1. The molecule has 1 aromatic carbocycles. The minimum atomic E-state index is -3.06. The van der Waals surface area contributed by atoms with Crippen LogP contribution in [0.1, 0.15) is 36.4 Å². The van der Waals surface area contributed by atoms with Gasteiger partial charge in [0.1, 0.15) is 24.3 Å². The summed E-state index contributed by atoms with van der Waals surface area (Å²) in [5.41, 5.74) is -3.31. The summed E-state index contributed by atoms with van der Waals surface area (Å²) in [6.45, 7) is 1.17. The van der Waals surface area contributed by atoms with Crippen molar-refractivity contribution in [3.8, 4) is 6.07 Å². The maximum atomic E-state index is 12.7. The molecule has 0 saturated carbocycles. The van der Waals surface area contributed by atoms with Gasteiger partial charge >= 0.3 is 11.7 Å². The first-order valence-electron chi connectivity index (χ1n) is 10.4. The molecule has 0 bridgehead atoms. The Morgan fingerprint density at radius 2 is 2.09 bits per heavy atom. The van der Waals surface area contributed by atoms with E-state index in [1.165, 1.54) is 23.8 Å². The van der Waals surface area contributed by atoms with Gasteiger partial charge in [-0.1, -0.05) is 30.0 Å². The van der Waals surface area contributed by atoms with Gasteiger partial charge in [0, 0.05) is 25.1 Å². The number of hydrogen-bond donors (Lipinski definition) is 1. The van der Waals surface area contributed by atoms with Crippen molar-refractivity contribution >= 4 is 47.4 Å². The highest BCUT2D eigenvalue weighted by molar-refractivity contribution is 8.51. The van der Waals surface area contributed by atoms with Crippen LogP contribution in [0.4, 0.5) is 5.82 Å². The molecule has 3 rings (SSSR count). The Hall–Kier alpha value is -2.59. The molecule has 1 amide bonds. The maximum Gasteiger partial charge on any atom is 0.351 e. The molecule has 1 N–H and O–H groups in total. The average molecular weight is 538 g/mol. The van der Waals surface area contributed by atoms with Crippen LogP contribution in [0, 0.1) is 11.3 Å². The largest absolute Gasteiger partial charge is 0.691 e. The number of hydrogen-bond acceptors (Lipinski definition) is 11. The lowest BCUT2D eigenvalue weighted by Crippen LogP contribution is -2.30. The van der Waals surface area contributed by atoms with Gasteiger partial charge in [0.25, 0.3) is 5.91 Å². The molecule has 1 fully saturated rings. The molecule has 2 heterocycles. The van der Waals surface area contributed by atoms with E-state index in [0.29, 0.717) is 5.56 Å². The van der Waals surface area contributed by atoms with Gasteiger partial charge in [-0.25, -0.2) is 4.79 Å². The second-order valence-corrected chi connectivity index (χ2v) is 12.3. The van der Waals surface area contributed by atoms with Crippen LogP contribution >= 0.6 is 5.69 Å². The summed E-state index contributed by atoms with van der Waals surface area (Å²) in [6, 6.07) is 11.9. The van der Waals surface area contributed by atoms with Gasteiger partial charge in [0.15, 0.2) is 0 Å². The smallest absolute Gasteiger partial charge is 0.351 e. The molecule has 1 aromatic heterocycles. The van der Waals surface area contributed by atoms with Crippen LogP contribution in [0.25, 0.3) is 0 Å². The fourth-order valence-corrected chi connectivity index (χ4v) is 4.77. The zero-order valence-electron chi connectivity index (χ0n) is 18.6. The molecule has 4 atom stereocenters. The minimum Gasteiger partial charge on any atom is -0.691 e. The van der Waals surface area contributed by atoms with E-state index in [1.807, 2.05) is 6.07 Å². The standard InChI is InChI=1S/C21H23N4O7PS2/c1-14(26)31-16-12-19(32-17(16)13-30-33(34,35)29-11-5-9-22)25-10-8-18(24-21(25)28)23-20(27)15-6-3-2-4-7-15/h2-4,6-8,10,16-17,19H,5,11-13H2,1H3,(H,34,35)(H,23,24,27,28)/p-1/t16-,17+,19+/m0/s1.